The molecule has 0 fully saturated rings. The monoisotopic (exact) mass is 530 g/mol. The van der Waals surface area contributed by atoms with Crippen molar-refractivity contribution in [2.24, 2.45) is 0 Å². The van der Waals surface area contributed by atoms with Crippen molar-refractivity contribution < 1.29 is 14.3 Å². The van der Waals surface area contributed by atoms with Crippen LogP contribution in [0, 0.1) is 0 Å². The van der Waals surface area contributed by atoms with Crippen molar-refractivity contribution >= 4 is 58.3 Å². The zero-order valence-electron chi connectivity index (χ0n) is 19.7. The van der Waals surface area contributed by atoms with Gasteiger partial charge in [0.1, 0.15) is 0 Å². The van der Waals surface area contributed by atoms with Gasteiger partial charge in [-0.2, -0.15) is 0 Å². The zero-order valence-corrected chi connectivity index (χ0v) is 22.1. The zero-order chi connectivity index (χ0) is 25.2. The first-order chi connectivity index (χ1) is 16.9. The van der Waals surface area contributed by atoms with E-state index in [0.717, 1.165) is 33.9 Å². The summed E-state index contributed by atoms with van der Waals surface area (Å²) in [5.74, 6) is -0.231. The average Bonchev–Trinajstić information content (AvgIpc) is 2.84. The summed E-state index contributed by atoms with van der Waals surface area (Å²) in [5, 5.41) is 3.58. The number of urea groups is 1. The fourth-order valence-corrected chi connectivity index (χ4v) is 4.57. The van der Waals surface area contributed by atoms with E-state index in [4.69, 9.17) is 27.9 Å². The minimum absolute atomic E-state index is 0.231. The van der Waals surface area contributed by atoms with Gasteiger partial charge in [0.25, 0.3) is 0 Å². The van der Waals surface area contributed by atoms with Gasteiger partial charge in [0, 0.05) is 22.0 Å². The summed E-state index contributed by atoms with van der Waals surface area (Å²) >= 11 is 14.0. The summed E-state index contributed by atoms with van der Waals surface area (Å²) < 4.78 is 5.01. The summed E-state index contributed by atoms with van der Waals surface area (Å²) in [4.78, 5) is 28.6. The average molecular weight is 532 g/mol. The van der Waals surface area contributed by atoms with E-state index >= 15 is 0 Å². The van der Waals surface area contributed by atoms with Gasteiger partial charge in [-0.15, -0.1) is 0 Å². The molecule has 0 saturated carbocycles. The quantitative estimate of drug-likeness (QED) is 0.269. The molecule has 184 valence electrons. The van der Waals surface area contributed by atoms with E-state index < -0.39 is 0 Å². The SMILES string of the molecule is CCCCN(C(=O)Nc1cccc(Cl)c1Cl)c1cccc(Sc2ccc(CC(=O)OCC)cc2)c1. The Morgan fingerprint density at radius 1 is 0.971 bits per heavy atom. The van der Waals surface area contributed by atoms with Gasteiger partial charge in [-0.25, -0.2) is 4.79 Å². The molecule has 0 aromatic heterocycles. The Balaban J connectivity index is 1.75. The van der Waals surface area contributed by atoms with E-state index in [2.05, 4.69) is 12.2 Å². The molecule has 0 aliphatic rings. The van der Waals surface area contributed by atoms with Gasteiger partial charge < -0.3 is 10.1 Å². The number of benzene rings is 3. The van der Waals surface area contributed by atoms with Crippen LogP contribution in [0.25, 0.3) is 0 Å². The molecule has 5 nitrogen and oxygen atoms in total. The smallest absolute Gasteiger partial charge is 0.326 e. The number of hydrogen-bond acceptors (Lipinski definition) is 4. The van der Waals surface area contributed by atoms with Crippen LogP contribution in [-0.4, -0.2) is 25.2 Å². The van der Waals surface area contributed by atoms with Crippen molar-refractivity contribution in [3.05, 3.63) is 82.3 Å². The van der Waals surface area contributed by atoms with Crippen molar-refractivity contribution in [1.29, 1.82) is 0 Å². The number of rotatable bonds is 10. The largest absolute Gasteiger partial charge is 0.466 e. The van der Waals surface area contributed by atoms with E-state index in [-0.39, 0.29) is 18.4 Å². The van der Waals surface area contributed by atoms with E-state index in [0.29, 0.717) is 28.9 Å². The number of anilines is 2. The van der Waals surface area contributed by atoms with Crippen molar-refractivity contribution in [1.82, 2.24) is 0 Å². The number of unbranched alkanes of at least 4 members (excludes halogenated alkanes) is 1. The van der Waals surface area contributed by atoms with E-state index in [1.165, 1.54) is 0 Å². The molecule has 0 unspecified atom stereocenters. The second-order valence-corrected chi connectivity index (χ2v) is 9.69. The van der Waals surface area contributed by atoms with E-state index in [9.17, 15) is 9.59 Å². The topological polar surface area (TPSA) is 58.6 Å². The number of ether oxygens (including phenoxy) is 1. The molecule has 0 heterocycles. The van der Waals surface area contributed by atoms with Gasteiger partial charge in [-0.1, -0.05) is 72.6 Å². The summed E-state index contributed by atoms with van der Waals surface area (Å²) in [6.07, 6.45) is 2.07. The molecule has 2 amide bonds. The van der Waals surface area contributed by atoms with Crippen LogP contribution in [0.4, 0.5) is 16.2 Å². The molecule has 3 aromatic rings. The number of halogens is 2. The number of nitrogens with zero attached hydrogens (tertiary/aromatic N) is 1. The van der Waals surface area contributed by atoms with Crippen LogP contribution < -0.4 is 10.2 Å². The third-order valence-corrected chi connectivity index (χ3v) is 6.93. The molecule has 0 atom stereocenters. The second kappa shape index (κ2) is 13.4. The molecular formula is C27H28Cl2N2O3S. The van der Waals surface area contributed by atoms with Crippen LogP contribution in [-0.2, 0) is 16.0 Å². The first-order valence-electron chi connectivity index (χ1n) is 11.5. The Kier molecular flexibility index (Phi) is 10.3. The van der Waals surface area contributed by atoms with Crippen LogP contribution >= 0.6 is 35.0 Å². The Labute approximate surface area is 220 Å². The molecule has 0 radical (unpaired) electrons. The molecule has 0 spiro atoms. The van der Waals surface area contributed by atoms with Gasteiger partial charge in [0.2, 0.25) is 0 Å². The Morgan fingerprint density at radius 3 is 2.43 bits per heavy atom. The minimum atomic E-state index is -0.270. The predicted molar refractivity (Wildman–Crippen MR) is 145 cm³/mol. The maximum Gasteiger partial charge on any atom is 0.326 e. The predicted octanol–water partition coefficient (Wildman–Crippen LogP) is 8.09. The first-order valence-corrected chi connectivity index (χ1v) is 13.0. The molecule has 0 aliphatic heterocycles. The number of hydrogen-bond donors (Lipinski definition) is 1. The molecular weight excluding hydrogens is 503 g/mol. The van der Waals surface area contributed by atoms with Crippen LogP contribution in [0.15, 0.2) is 76.5 Å². The minimum Gasteiger partial charge on any atom is -0.466 e. The van der Waals surface area contributed by atoms with E-state index in [1.54, 1.807) is 41.8 Å². The van der Waals surface area contributed by atoms with Crippen molar-refractivity contribution in [3.8, 4) is 0 Å². The number of carbonyl (C=O) groups excluding carboxylic acids is 2. The number of amides is 2. The van der Waals surface area contributed by atoms with Crippen LogP contribution in [0.5, 0.6) is 0 Å². The maximum absolute atomic E-state index is 13.2. The molecule has 8 heteroatoms. The summed E-state index contributed by atoms with van der Waals surface area (Å²) in [7, 11) is 0. The normalized spacial score (nSPS) is 10.6. The van der Waals surface area contributed by atoms with Crippen molar-refractivity contribution in [3.63, 3.8) is 0 Å². The lowest BCUT2D eigenvalue weighted by Gasteiger charge is -2.24. The van der Waals surface area contributed by atoms with Crippen molar-refractivity contribution in [2.75, 3.05) is 23.4 Å². The first kappa shape index (κ1) is 26.9. The highest BCUT2D eigenvalue weighted by atomic mass is 35.5. The molecule has 1 N–H and O–H groups in total. The third kappa shape index (κ3) is 7.92. The Hall–Kier alpha value is -2.67. The van der Waals surface area contributed by atoms with Gasteiger partial charge >= 0.3 is 12.0 Å². The highest BCUT2D eigenvalue weighted by Crippen LogP contribution is 2.32. The molecule has 3 rings (SSSR count). The summed E-state index contributed by atoms with van der Waals surface area (Å²) in [6.45, 7) is 4.83. The maximum atomic E-state index is 13.2. The fourth-order valence-electron chi connectivity index (χ4n) is 3.35. The van der Waals surface area contributed by atoms with Crippen LogP contribution in [0.2, 0.25) is 10.0 Å². The summed E-state index contributed by atoms with van der Waals surface area (Å²) in [5.41, 5.74) is 2.17. The number of nitrogens with one attached hydrogen (secondary N) is 1. The van der Waals surface area contributed by atoms with Gasteiger partial charge in [-0.05, 0) is 61.4 Å². The Bertz CT molecular complexity index is 1160. The lowest BCUT2D eigenvalue weighted by molar-refractivity contribution is -0.142. The lowest BCUT2D eigenvalue weighted by atomic mass is 10.1. The third-order valence-electron chi connectivity index (χ3n) is 5.12. The fraction of sp³-hybridized carbons (Fsp3) is 0.259. The molecule has 0 aliphatic carbocycles. The summed E-state index contributed by atoms with van der Waals surface area (Å²) in [6, 6.07) is 20.5. The highest BCUT2D eigenvalue weighted by molar-refractivity contribution is 7.99. The van der Waals surface area contributed by atoms with Crippen LogP contribution in [0.1, 0.15) is 32.3 Å². The molecule has 0 saturated heterocycles. The standard InChI is InChI=1S/C27H28Cl2N2O3S/c1-3-5-16-31(27(33)30-24-11-7-10-23(28)26(24)29)20-8-6-9-22(18-20)35-21-14-12-19(13-15-21)17-25(32)34-4-2/h6-15,18H,3-5,16-17H2,1-2H3,(H,30,33). The molecule has 0 bridgehead atoms. The van der Waals surface area contributed by atoms with Gasteiger partial charge in [-0.3, -0.25) is 9.69 Å². The number of carbonyl (C=O) groups is 2. The molecule has 3 aromatic carbocycles. The van der Waals surface area contributed by atoms with Crippen molar-refractivity contribution in [2.45, 2.75) is 42.9 Å². The highest BCUT2D eigenvalue weighted by Gasteiger charge is 2.18. The van der Waals surface area contributed by atoms with Crippen LogP contribution in [0.3, 0.4) is 0 Å². The molecule has 35 heavy (non-hydrogen) atoms. The number of esters is 1. The van der Waals surface area contributed by atoms with Gasteiger partial charge in [0.05, 0.1) is 28.8 Å². The van der Waals surface area contributed by atoms with Gasteiger partial charge in [0.15, 0.2) is 0 Å². The Morgan fingerprint density at radius 2 is 1.71 bits per heavy atom. The lowest BCUT2D eigenvalue weighted by Crippen LogP contribution is -2.35. The van der Waals surface area contributed by atoms with E-state index in [1.807, 2.05) is 48.5 Å². The second-order valence-electron chi connectivity index (χ2n) is 7.76.